The normalized spacial score (nSPS) is 16.1. The van der Waals surface area contributed by atoms with Gasteiger partial charge in [0.25, 0.3) is 0 Å². The number of nitrogens with one attached hydrogen (secondary N) is 2. The molecule has 6 nitrogen and oxygen atoms in total. The minimum absolute atomic E-state index is 0.0461. The van der Waals surface area contributed by atoms with Gasteiger partial charge in [-0.3, -0.25) is 14.4 Å². The first-order chi connectivity index (χ1) is 13.4. The molecule has 8 heteroatoms. The summed E-state index contributed by atoms with van der Waals surface area (Å²) in [7, 11) is 0. The number of carbonyl (C=O) groups excluding carboxylic acids is 3. The molecule has 1 atom stereocenters. The second kappa shape index (κ2) is 8.84. The number of hydrogen-bond acceptors (Lipinski definition) is 3. The summed E-state index contributed by atoms with van der Waals surface area (Å²) in [6, 6.07) is 12.7. The molecule has 0 aliphatic carbocycles. The third-order valence-electron chi connectivity index (χ3n) is 4.49. The van der Waals surface area contributed by atoms with Crippen molar-refractivity contribution in [1.82, 2.24) is 10.6 Å². The number of carbonyl (C=O) groups is 3. The highest BCUT2D eigenvalue weighted by molar-refractivity contribution is 6.31. The predicted octanol–water partition coefficient (Wildman–Crippen LogP) is 2.26. The number of benzene rings is 2. The Morgan fingerprint density at radius 3 is 2.54 bits per heavy atom. The number of rotatable bonds is 6. The Labute approximate surface area is 166 Å². The summed E-state index contributed by atoms with van der Waals surface area (Å²) in [6.45, 7) is 0.261. The molecule has 1 saturated heterocycles. The minimum Gasteiger partial charge on any atom is -0.350 e. The van der Waals surface area contributed by atoms with Crippen molar-refractivity contribution in [3.63, 3.8) is 0 Å². The fourth-order valence-electron chi connectivity index (χ4n) is 2.96. The SMILES string of the molecule is O=C(CNC(=O)[C@H]1CC(=O)N(c2ccc(F)cc2)C1)NCc1ccccc1Cl. The quantitative estimate of drug-likeness (QED) is 0.776. The van der Waals surface area contributed by atoms with Gasteiger partial charge in [0.05, 0.1) is 12.5 Å². The Balaban J connectivity index is 1.47. The molecule has 2 N–H and O–H groups in total. The van der Waals surface area contributed by atoms with Crippen molar-refractivity contribution in [2.45, 2.75) is 13.0 Å². The van der Waals surface area contributed by atoms with E-state index in [1.165, 1.54) is 29.2 Å². The van der Waals surface area contributed by atoms with Crippen LogP contribution in [0.4, 0.5) is 10.1 Å². The Bertz CT molecular complexity index is 889. The van der Waals surface area contributed by atoms with Gasteiger partial charge in [-0.1, -0.05) is 29.8 Å². The summed E-state index contributed by atoms with van der Waals surface area (Å²) in [6.07, 6.45) is 0.0461. The molecular formula is C20H19ClFN3O3. The molecule has 0 aromatic heterocycles. The average molecular weight is 404 g/mol. The lowest BCUT2D eigenvalue weighted by Crippen LogP contribution is -2.40. The van der Waals surface area contributed by atoms with Crippen LogP contribution in [-0.4, -0.2) is 30.8 Å². The van der Waals surface area contributed by atoms with Crippen LogP contribution in [0.25, 0.3) is 0 Å². The van der Waals surface area contributed by atoms with E-state index in [9.17, 15) is 18.8 Å². The molecule has 3 rings (SSSR count). The molecule has 2 aromatic rings. The van der Waals surface area contributed by atoms with E-state index in [1.807, 2.05) is 6.07 Å². The molecular weight excluding hydrogens is 385 g/mol. The van der Waals surface area contributed by atoms with E-state index in [4.69, 9.17) is 11.6 Å². The first kappa shape index (κ1) is 19.8. The lowest BCUT2D eigenvalue weighted by atomic mass is 10.1. The molecule has 1 heterocycles. The molecule has 2 aromatic carbocycles. The molecule has 28 heavy (non-hydrogen) atoms. The van der Waals surface area contributed by atoms with Crippen molar-refractivity contribution in [3.05, 3.63) is 64.9 Å². The van der Waals surface area contributed by atoms with E-state index < -0.39 is 11.7 Å². The van der Waals surface area contributed by atoms with Crippen LogP contribution in [0.1, 0.15) is 12.0 Å². The second-order valence-electron chi connectivity index (χ2n) is 6.47. The molecule has 146 valence electrons. The van der Waals surface area contributed by atoms with E-state index in [0.717, 1.165) is 5.56 Å². The Morgan fingerprint density at radius 2 is 1.82 bits per heavy atom. The van der Waals surface area contributed by atoms with Crippen LogP contribution in [0.15, 0.2) is 48.5 Å². The maximum Gasteiger partial charge on any atom is 0.239 e. The molecule has 0 unspecified atom stereocenters. The van der Waals surface area contributed by atoms with Crippen molar-refractivity contribution in [2.75, 3.05) is 18.0 Å². The summed E-state index contributed by atoms with van der Waals surface area (Å²) in [5.74, 6) is -1.89. The first-order valence-corrected chi connectivity index (χ1v) is 9.15. The van der Waals surface area contributed by atoms with Crippen LogP contribution < -0.4 is 15.5 Å². The van der Waals surface area contributed by atoms with Crippen LogP contribution in [0.5, 0.6) is 0 Å². The van der Waals surface area contributed by atoms with Crippen molar-refractivity contribution < 1.29 is 18.8 Å². The molecule has 1 fully saturated rings. The summed E-state index contributed by atoms with van der Waals surface area (Å²) >= 11 is 6.03. The van der Waals surface area contributed by atoms with Crippen molar-refractivity contribution in [3.8, 4) is 0 Å². The highest BCUT2D eigenvalue weighted by atomic mass is 35.5. The van der Waals surface area contributed by atoms with Crippen molar-refractivity contribution in [1.29, 1.82) is 0 Å². The topological polar surface area (TPSA) is 78.5 Å². The van der Waals surface area contributed by atoms with Gasteiger partial charge in [-0.2, -0.15) is 0 Å². The lowest BCUT2D eigenvalue weighted by Gasteiger charge is -2.16. The van der Waals surface area contributed by atoms with Crippen molar-refractivity contribution >= 4 is 35.0 Å². The largest absolute Gasteiger partial charge is 0.350 e. The van der Waals surface area contributed by atoms with Gasteiger partial charge in [-0.05, 0) is 35.9 Å². The van der Waals surface area contributed by atoms with Gasteiger partial charge in [0, 0.05) is 30.2 Å². The zero-order chi connectivity index (χ0) is 20.1. The van der Waals surface area contributed by atoms with Crippen molar-refractivity contribution in [2.24, 2.45) is 5.92 Å². The fourth-order valence-corrected chi connectivity index (χ4v) is 3.17. The summed E-state index contributed by atoms with van der Waals surface area (Å²) in [4.78, 5) is 37.9. The molecule has 0 spiro atoms. The van der Waals surface area contributed by atoms with E-state index in [-0.39, 0.29) is 43.8 Å². The van der Waals surface area contributed by atoms with E-state index in [1.54, 1.807) is 18.2 Å². The van der Waals surface area contributed by atoms with Gasteiger partial charge >= 0.3 is 0 Å². The average Bonchev–Trinajstić information content (AvgIpc) is 3.08. The molecule has 1 aliphatic rings. The highest BCUT2D eigenvalue weighted by Crippen LogP contribution is 2.25. The van der Waals surface area contributed by atoms with E-state index >= 15 is 0 Å². The van der Waals surface area contributed by atoms with E-state index in [2.05, 4.69) is 10.6 Å². The van der Waals surface area contributed by atoms with Crippen LogP contribution >= 0.6 is 11.6 Å². The first-order valence-electron chi connectivity index (χ1n) is 8.78. The van der Waals surface area contributed by atoms with Crippen LogP contribution in [-0.2, 0) is 20.9 Å². The lowest BCUT2D eigenvalue weighted by molar-refractivity contribution is -0.129. The Kier molecular flexibility index (Phi) is 6.26. The Morgan fingerprint density at radius 1 is 1.11 bits per heavy atom. The molecule has 0 bridgehead atoms. The van der Waals surface area contributed by atoms with Gasteiger partial charge in [0.15, 0.2) is 0 Å². The van der Waals surface area contributed by atoms with Crippen LogP contribution in [0.2, 0.25) is 5.02 Å². The number of hydrogen-bond donors (Lipinski definition) is 2. The van der Waals surface area contributed by atoms with Crippen LogP contribution in [0.3, 0.4) is 0 Å². The fraction of sp³-hybridized carbons (Fsp3) is 0.250. The third kappa shape index (κ3) is 4.86. The third-order valence-corrected chi connectivity index (χ3v) is 4.86. The standard InChI is InChI=1S/C20H19ClFN3O3/c21-17-4-2-1-3-13(17)10-23-18(26)11-24-20(28)14-9-19(27)25(12-14)16-7-5-15(22)6-8-16/h1-8,14H,9-12H2,(H,23,26)(H,24,28)/t14-/m0/s1. The molecule has 1 aliphatic heterocycles. The van der Waals surface area contributed by atoms with Gasteiger partial charge in [0.2, 0.25) is 17.7 Å². The zero-order valence-electron chi connectivity index (χ0n) is 15.0. The number of halogens is 2. The molecule has 0 radical (unpaired) electrons. The molecule has 0 saturated carbocycles. The van der Waals surface area contributed by atoms with Crippen LogP contribution in [0, 0.1) is 11.7 Å². The minimum atomic E-state index is -0.561. The maximum absolute atomic E-state index is 13.0. The van der Waals surface area contributed by atoms with Gasteiger partial charge in [0.1, 0.15) is 5.82 Å². The maximum atomic E-state index is 13.0. The zero-order valence-corrected chi connectivity index (χ0v) is 15.7. The summed E-state index contributed by atoms with van der Waals surface area (Å²) in [5.41, 5.74) is 1.32. The second-order valence-corrected chi connectivity index (χ2v) is 6.87. The Hall–Kier alpha value is -2.93. The van der Waals surface area contributed by atoms with E-state index in [0.29, 0.717) is 10.7 Å². The number of nitrogens with zero attached hydrogens (tertiary/aromatic N) is 1. The highest BCUT2D eigenvalue weighted by Gasteiger charge is 2.35. The van der Waals surface area contributed by atoms with Gasteiger partial charge in [-0.15, -0.1) is 0 Å². The van der Waals surface area contributed by atoms with Gasteiger partial charge in [-0.25, -0.2) is 4.39 Å². The number of amides is 3. The predicted molar refractivity (Wildman–Crippen MR) is 103 cm³/mol. The van der Waals surface area contributed by atoms with Gasteiger partial charge < -0.3 is 15.5 Å². The smallest absolute Gasteiger partial charge is 0.239 e. The number of anilines is 1. The summed E-state index contributed by atoms with van der Waals surface area (Å²) < 4.78 is 13.0. The monoisotopic (exact) mass is 403 g/mol. The molecule has 3 amide bonds. The summed E-state index contributed by atoms with van der Waals surface area (Å²) in [5, 5.41) is 5.79.